The lowest BCUT2D eigenvalue weighted by atomic mass is 10.1. The first-order valence-electron chi connectivity index (χ1n) is 5.60. The Labute approximate surface area is 96.3 Å². The predicted octanol–water partition coefficient (Wildman–Crippen LogP) is 3.14. The average molecular weight is 222 g/mol. The number of hydrogen-bond acceptors (Lipinski definition) is 3. The van der Waals surface area contributed by atoms with E-state index < -0.39 is 5.97 Å². The fraction of sp³-hybridized carbons (Fsp3) is 0.462. The minimum Gasteiger partial charge on any atom is -0.293 e. The summed E-state index contributed by atoms with van der Waals surface area (Å²) in [6.07, 6.45) is 2.00. The van der Waals surface area contributed by atoms with E-state index in [9.17, 15) is 4.79 Å². The molecule has 0 radical (unpaired) electrons. The molecule has 3 heteroatoms. The smallest absolute Gasteiger partial charge is 0.293 e. The number of benzene rings is 1. The van der Waals surface area contributed by atoms with Crippen LogP contribution in [0, 0.1) is 0 Å². The molecule has 3 nitrogen and oxygen atoms in total. The Morgan fingerprint density at radius 3 is 2.38 bits per heavy atom. The van der Waals surface area contributed by atoms with Crippen molar-refractivity contribution < 1.29 is 14.6 Å². The van der Waals surface area contributed by atoms with E-state index in [0.29, 0.717) is 5.56 Å². The molecule has 0 aliphatic rings. The van der Waals surface area contributed by atoms with Crippen molar-refractivity contribution in [1.82, 2.24) is 0 Å². The molecule has 0 saturated carbocycles. The van der Waals surface area contributed by atoms with Crippen LogP contribution < -0.4 is 0 Å². The highest BCUT2D eigenvalue weighted by molar-refractivity contribution is 5.88. The van der Waals surface area contributed by atoms with Gasteiger partial charge in [0.05, 0.1) is 11.7 Å². The SMILES string of the molecule is CCCc1ccc(C(=O)OOC(C)C)cc1. The molecule has 88 valence electrons. The molecule has 0 atom stereocenters. The topological polar surface area (TPSA) is 35.5 Å². The second-order valence-corrected chi connectivity index (χ2v) is 3.96. The zero-order chi connectivity index (χ0) is 12.0. The molecule has 0 saturated heterocycles. The maximum atomic E-state index is 11.5. The van der Waals surface area contributed by atoms with Gasteiger partial charge in [-0.1, -0.05) is 25.5 Å². The van der Waals surface area contributed by atoms with E-state index >= 15 is 0 Å². The van der Waals surface area contributed by atoms with E-state index in [1.54, 1.807) is 26.0 Å². The van der Waals surface area contributed by atoms with E-state index in [0.717, 1.165) is 12.8 Å². The molecule has 0 aliphatic heterocycles. The lowest BCUT2D eigenvalue weighted by molar-refractivity contribution is -0.265. The van der Waals surface area contributed by atoms with Crippen LogP contribution in [0.4, 0.5) is 0 Å². The number of carbonyl (C=O) groups is 1. The third-order valence-corrected chi connectivity index (χ3v) is 2.04. The van der Waals surface area contributed by atoms with Crippen LogP contribution in [-0.2, 0) is 16.2 Å². The number of carbonyl (C=O) groups excluding carboxylic acids is 1. The fourth-order valence-corrected chi connectivity index (χ4v) is 1.28. The first-order valence-corrected chi connectivity index (χ1v) is 5.60. The summed E-state index contributed by atoms with van der Waals surface area (Å²) in [5.74, 6) is -0.447. The molecule has 0 aliphatic carbocycles. The third kappa shape index (κ3) is 4.03. The summed E-state index contributed by atoms with van der Waals surface area (Å²) in [4.78, 5) is 20.9. The van der Waals surface area contributed by atoms with Gasteiger partial charge in [-0.05, 0) is 38.0 Å². The Morgan fingerprint density at radius 2 is 1.88 bits per heavy atom. The van der Waals surface area contributed by atoms with Crippen molar-refractivity contribution in [3.63, 3.8) is 0 Å². The fourth-order valence-electron chi connectivity index (χ4n) is 1.28. The van der Waals surface area contributed by atoms with Crippen molar-refractivity contribution in [2.24, 2.45) is 0 Å². The van der Waals surface area contributed by atoms with Crippen molar-refractivity contribution >= 4 is 5.97 Å². The van der Waals surface area contributed by atoms with Gasteiger partial charge in [-0.15, -0.1) is 0 Å². The van der Waals surface area contributed by atoms with Crippen molar-refractivity contribution in [2.75, 3.05) is 0 Å². The number of aryl methyl sites for hydroxylation is 1. The first-order chi connectivity index (χ1) is 7.63. The Kier molecular flexibility index (Phi) is 4.99. The molecule has 0 N–H and O–H groups in total. The van der Waals surface area contributed by atoms with Crippen LogP contribution in [0.25, 0.3) is 0 Å². The van der Waals surface area contributed by atoms with Crippen LogP contribution in [-0.4, -0.2) is 12.1 Å². The van der Waals surface area contributed by atoms with Crippen molar-refractivity contribution in [2.45, 2.75) is 39.7 Å². The normalized spacial score (nSPS) is 10.5. The lowest BCUT2D eigenvalue weighted by Crippen LogP contribution is -2.10. The second-order valence-electron chi connectivity index (χ2n) is 3.96. The minimum absolute atomic E-state index is 0.122. The van der Waals surface area contributed by atoms with Gasteiger partial charge in [0.2, 0.25) is 0 Å². The lowest BCUT2D eigenvalue weighted by Gasteiger charge is -2.06. The third-order valence-electron chi connectivity index (χ3n) is 2.04. The molecular formula is C13H18O3. The molecule has 0 amide bonds. The van der Waals surface area contributed by atoms with Crippen LogP contribution in [0.15, 0.2) is 24.3 Å². The van der Waals surface area contributed by atoms with Gasteiger partial charge in [0.1, 0.15) is 0 Å². The highest BCUT2D eigenvalue weighted by atomic mass is 17.2. The molecule has 1 aromatic carbocycles. The van der Waals surface area contributed by atoms with Gasteiger partial charge >= 0.3 is 5.97 Å². The Balaban J connectivity index is 2.56. The highest BCUT2D eigenvalue weighted by Gasteiger charge is 2.08. The molecular weight excluding hydrogens is 204 g/mol. The molecule has 16 heavy (non-hydrogen) atoms. The molecule has 0 unspecified atom stereocenters. The van der Waals surface area contributed by atoms with E-state index in [-0.39, 0.29) is 6.10 Å². The van der Waals surface area contributed by atoms with E-state index in [1.165, 1.54) is 5.56 Å². The van der Waals surface area contributed by atoms with Crippen LogP contribution in [0.5, 0.6) is 0 Å². The van der Waals surface area contributed by atoms with Crippen LogP contribution in [0.1, 0.15) is 43.1 Å². The molecule has 1 aromatic rings. The molecule has 0 bridgehead atoms. The van der Waals surface area contributed by atoms with Crippen LogP contribution in [0.3, 0.4) is 0 Å². The zero-order valence-corrected chi connectivity index (χ0v) is 10.0. The number of rotatable bonds is 5. The quantitative estimate of drug-likeness (QED) is 0.567. The summed E-state index contributed by atoms with van der Waals surface area (Å²) in [5, 5.41) is 0. The van der Waals surface area contributed by atoms with Gasteiger partial charge in [-0.2, -0.15) is 4.89 Å². The number of hydrogen-bond donors (Lipinski definition) is 0. The summed E-state index contributed by atoms with van der Waals surface area (Å²) in [7, 11) is 0. The predicted molar refractivity (Wildman–Crippen MR) is 62.1 cm³/mol. The summed E-state index contributed by atoms with van der Waals surface area (Å²) in [6, 6.07) is 7.40. The standard InChI is InChI=1S/C13H18O3/c1-4-5-11-6-8-12(9-7-11)13(14)16-15-10(2)3/h6-10H,4-5H2,1-3H3. The zero-order valence-electron chi connectivity index (χ0n) is 10.0. The Hall–Kier alpha value is -1.35. The Morgan fingerprint density at radius 1 is 1.25 bits per heavy atom. The van der Waals surface area contributed by atoms with E-state index in [4.69, 9.17) is 4.89 Å². The summed E-state index contributed by atoms with van der Waals surface area (Å²) in [6.45, 7) is 5.73. The van der Waals surface area contributed by atoms with Crippen molar-refractivity contribution in [3.05, 3.63) is 35.4 Å². The van der Waals surface area contributed by atoms with Gasteiger partial charge in [0.25, 0.3) is 0 Å². The Bertz CT molecular complexity index is 328. The summed E-state index contributed by atoms with van der Waals surface area (Å²) < 4.78 is 0. The summed E-state index contributed by atoms with van der Waals surface area (Å²) in [5.41, 5.74) is 1.74. The molecule has 1 rings (SSSR count). The highest BCUT2D eigenvalue weighted by Crippen LogP contribution is 2.08. The maximum absolute atomic E-state index is 11.5. The van der Waals surface area contributed by atoms with Crippen molar-refractivity contribution in [3.8, 4) is 0 Å². The monoisotopic (exact) mass is 222 g/mol. The van der Waals surface area contributed by atoms with Crippen LogP contribution in [0.2, 0.25) is 0 Å². The molecule has 0 heterocycles. The largest absolute Gasteiger partial charge is 0.373 e. The van der Waals surface area contributed by atoms with Crippen LogP contribution >= 0.6 is 0 Å². The van der Waals surface area contributed by atoms with Gasteiger partial charge < -0.3 is 0 Å². The maximum Gasteiger partial charge on any atom is 0.373 e. The van der Waals surface area contributed by atoms with Gasteiger partial charge in [-0.3, -0.25) is 4.89 Å². The van der Waals surface area contributed by atoms with Gasteiger partial charge in [0, 0.05) is 0 Å². The summed E-state index contributed by atoms with van der Waals surface area (Å²) >= 11 is 0. The first kappa shape index (κ1) is 12.7. The molecule has 0 spiro atoms. The molecule has 0 fully saturated rings. The minimum atomic E-state index is -0.447. The van der Waals surface area contributed by atoms with Crippen molar-refractivity contribution in [1.29, 1.82) is 0 Å². The van der Waals surface area contributed by atoms with E-state index in [1.807, 2.05) is 12.1 Å². The molecule has 0 aromatic heterocycles. The van der Waals surface area contributed by atoms with E-state index in [2.05, 4.69) is 11.8 Å². The average Bonchev–Trinajstić information content (AvgIpc) is 2.27. The second kappa shape index (κ2) is 6.28. The van der Waals surface area contributed by atoms with Gasteiger partial charge in [-0.25, -0.2) is 4.79 Å². The van der Waals surface area contributed by atoms with Gasteiger partial charge in [0.15, 0.2) is 0 Å².